The average Bonchev–Trinajstić information content (AvgIpc) is 2.74. The second kappa shape index (κ2) is 6.65. The molecule has 0 aliphatic heterocycles. The number of rotatable bonds is 7. The Morgan fingerprint density at radius 3 is 2.61 bits per heavy atom. The van der Waals surface area contributed by atoms with Gasteiger partial charge in [-0.15, -0.1) is 11.3 Å². The molecule has 0 atom stereocenters. The molecule has 1 aromatic rings. The smallest absolute Gasteiger partial charge is 0.252 e. The first-order valence-corrected chi connectivity index (χ1v) is 8.39. The van der Waals surface area contributed by atoms with Crippen LogP contribution in [0, 0.1) is 5.92 Å². The fourth-order valence-electron chi connectivity index (χ4n) is 1.61. The highest BCUT2D eigenvalue weighted by molar-refractivity contribution is 7.91. The predicted molar refractivity (Wildman–Crippen MR) is 76.4 cm³/mol. The molecule has 6 heteroatoms. The summed E-state index contributed by atoms with van der Waals surface area (Å²) in [6.07, 6.45) is 0. The molecule has 1 heterocycles. The Hall–Kier alpha value is -0.430. The summed E-state index contributed by atoms with van der Waals surface area (Å²) in [7, 11) is -1.68. The fraction of sp³-hybridized carbons (Fsp3) is 0.667. The van der Waals surface area contributed by atoms with Crippen molar-refractivity contribution in [1.82, 2.24) is 9.62 Å². The SMILES string of the molecule is CCNCc1ccc(S(=O)(=O)N(C)CC(C)C)s1. The van der Waals surface area contributed by atoms with E-state index >= 15 is 0 Å². The number of hydrogen-bond acceptors (Lipinski definition) is 4. The zero-order valence-corrected chi connectivity index (χ0v) is 13.1. The maximum Gasteiger partial charge on any atom is 0.252 e. The first kappa shape index (κ1) is 15.6. The van der Waals surface area contributed by atoms with Crippen LogP contribution in [0.5, 0.6) is 0 Å². The standard InChI is InChI=1S/C12H22N2O2S2/c1-5-13-8-11-6-7-12(17-11)18(15,16)14(4)9-10(2)3/h6-7,10,13H,5,8-9H2,1-4H3. The van der Waals surface area contributed by atoms with Gasteiger partial charge in [0.05, 0.1) is 0 Å². The highest BCUT2D eigenvalue weighted by atomic mass is 32.2. The Bertz CT molecular complexity index is 466. The summed E-state index contributed by atoms with van der Waals surface area (Å²) in [5, 5.41) is 3.19. The minimum Gasteiger partial charge on any atom is -0.312 e. The molecule has 0 bridgehead atoms. The van der Waals surface area contributed by atoms with Gasteiger partial charge in [-0.05, 0) is 24.6 Å². The number of hydrogen-bond donors (Lipinski definition) is 1. The van der Waals surface area contributed by atoms with Crippen LogP contribution in [0.4, 0.5) is 0 Å². The summed E-state index contributed by atoms with van der Waals surface area (Å²) in [5.41, 5.74) is 0. The summed E-state index contributed by atoms with van der Waals surface area (Å²) in [6.45, 7) is 8.20. The predicted octanol–water partition coefficient (Wildman–Crippen LogP) is 2.13. The van der Waals surface area contributed by atoms with E-state index in [1.807, 2.05) is 26.8 Å². The lowest BCUT2D eigenvalue weighted by atomic mass is 10.2. The molecule has 0 spiro atoms. The minimum absolute atomic E-state index is 0.325. The molecule has 1 N–H and O–H groups in total. The van der Waals surface area contributed by atoms with Crippen molar-refractivity contribution in [1.29, 1.82) is 0 Å². The molecule has 0 radical (unpaired) electrons. The largest absolute Gasteiger partial charge is 0.312 e. The Labute approximate surface area is 114 Å². The van der Waals surface area contributed by atoms with Gasteiger partial charge < -0.3 is 5.32 Å². The second-order valence-electron chi connectivity index (χ2n) is 4.68. The van der Waals surface area contributed by atoms with E-state index < -0.39 is 10.0 Å². The molecule has 104 valence electrons. The van der Waals surface area contributed by atoms with Gasteiger partial charge in [-0.2, -0.15) is 4.31 Å². The van der Waals surface area contributed by atoms with E-state index in [0.717, 1.165) is 18.0 Å². The molecular formula is C12H22N2O2S2. The lowest BCUT2D eigenvalue weighted by Crippen LogP contribution is -2.29. The molecule has 1 aromatic heterocycles. The summed E-state index contributed by atoms with van der Waals surface area (Å²) in [5.74, 6) is 0.325. The van der Waals surface area contributed by atoms with Gasteiger partial charge in [-0.25, -0.2) is 8.42 Å². The monoisotopic (exact) mass is 290 g/mol. The normalized spacial score (nSPS) is 12.6. The molecule has 18 heavy (non-hydrogen) atoms. The van der Waals surface area contributed by atoms with Crippen molar-refractivity contribution < 1.29 is 8.42 Å². The first-order valence-electron chi connectivity index (χ1n) is 6.13. The van der Waals surface area contributed by atoms with Gasteiger partial charge in [0.15, 0.2) is 0 Å². The molecule has 0 amide bonds. The van der Waals surface area contributed by atoms with Crippen molar-refractivity contribution in [3.63, 3.8) is 0 Å². The minimum atomic E-state index is -3.31. The van der Waals surface area contributed by atoms with Crippen molar-refractivity contribution in [3.8, 4) is 0 Å². The van der Waals surface area contributed by atoms with Crippen LogP contribution in [0.3, 0.4) is 0 Å². The van der Waals surface area contributed by atoms with E-state index in [4.69, 9.17) is 0 Å². The van der Waals surface area contributed by atoms with E-state index in [-0.39, 0.29) is 0 Å². The molecule has 0 fully saturated rings. The van der Waals surface area contributed by atoms with Gasteiger partial charge in [-0.1, -0.05) is 20.8 Å². The van der Waals surface area contributed by atoms with Crippen LogP contribution < -0.4 is 5.32 Å². The van der Waals surface area contributed by atoms with Crippen LogP contribution in [-0.4, -0.2) is 32.9 Å². The zero-order chi connectivity index (χ0) is 13.8. The van der Waals surface area contributed by atoms with Crippen LogP contribution in [0.1, 0.15) is 25.6 Å². The summed E-state index contributed by atoms with van der Waals surface area (Å²) >= 11 is 1.34. The van der Waals surface area contributed by atoms with E-state index in [0.29, 0.717) is 16.7 Å². The van der Waals surface area contributed by atoms with Gasteiger partial charge in [0.2, 0.25) is 0 Å². The second-order valence-corrected chi connectivity index (χ2v) is 8.12. The molecule has 0 aliphatic carbocycles. The van der Waals surface area contributed by atoms with E-state index in [1.54, 1.807) is 13.1 Å². The third-order valence-corrected chi connectivity index (χ3v) is 5.85. The molecule has 0 saturated heterocycles. The lowest BCUT2D eigenvalue weighted by Gasteiger charge is -2.17. The maximum atomic E-state index is 12.3. The van der Waals surface area contributed by atoms with Gasteiger partial charge >= 0.3 is 0 Å². The van der Waals surface area contributed by atoms with E-state index in [2.05, 4.69) is 5.32 Å². The molecule has 0 aromatic carbocycles. The van der Waals surface area contributed by atoms with Gasteiger partial charge in [0, 0.05) is 25.0 Å². The average molecular weight is 290 g/mol. The van der Waals surface area contributed by atoms with Crippen LogP contribution in [0.2, 0.25) is 0 Å². The van der Waals surface area contributed by atoms with Gasteiger partial charge in [-0.3, -0.25) is 0 Å². The van der Waals surface area contributed by atoms with Gasteiger partial charge in [0.1, 0.15) is 4.21 Å². The van der Waals surface area contributed by atoms with Crippen molar-refractivity contribution in [3.05, 3.63) is 17.0 Å². The highest BCUT2D eigenvalue weighted by Gasteiger charge is 2.23. The number of nitrogens with zero attached hydrogens (tertiary/aromatic N) is 1. The quantitative estimate of drug-likeness (QED) is 0.837. The molecule has 0 saturated carbocycles. The Kier molecular flexibility index (Phi) is 5.78. The van der Waals surface area contributed by atoms with E-state index in [1.165, 1.54) is 15.6 Å². The van der Waals surface area contributed by atoms with Crippen LogP contribution >= 0.6 is 11.3 Å². The van der Waals surface area contributed by atoms with Crippen molar-refractivity contribution in [2.75, 3.05) is 20.1 Å². The Morgan fingerprint density at radius 1 is 1.39 bits per heavy atom. The summed E-state index contributed by atoms with van der Waals surface area (Å²) in [6, 6.07) is 3.58. The van der Waals surface area contributed by atoms with Crippen molar-refractivity contribution >= 4 is 21.4 Å². The fourth-order valence-corrected chi connectivity index (χ4v) is 4.48. The summed E-state index contributed by atoms with van der Waals surface area (Å²) < 4.78 is 26.4. The van der Waals surface area contributed by atoms with Crippen LogP contribution in [0.25, 0.3) is 0 Å². The first-order chi connectivity index (χ1) is 8.37. The molecule has 0 aliphatic rings. The molecule has 1 rings (SSSR count). The third kappa shape index (κ3) is 4.05. The van der Waals surface area contributed by atoms with Crippen LogP contribution in [0.15, 0.2) is 16.3 Å². The highest BCUT2D eigenvalue weighted by Crippen LogP contribution is 2.24. The molecular weight excluding hydrogens is 268 g/mol. The van der Waals surface area contributed by atoms with Crippen LogP contribution in [-0.2, 0) is 16.6 Å². The topological polar surface area (TPSA) is 49.4 Å². The molecule has 0 unspecified atom stereocenters. The zero-order valence-electron chi connectivity index (χ0n) is 11.4. The number of thiophene rings is 1. The third-order valence-electron chi connectivity index (χ3n) is 2.47. The maximum absolute atomic E-state index is 12.3. The Balaban J connectivity index is 2.81. The lowest BCUT2D eigenvalue weighted by molar-refractivity contribution is 0.418. The number of nitrogens with one attached hydrogen (secondary N) is 1. The summed E-state index contributed by atoms with van der Waals surface area (Å²) in [4.78, 5) is 1.05. The number of sulfonamides is 1. The van der Waals surface area contributed by atoms with E-state index in [9.17, 15) is 8.42 Å². The Morgan fingerprint density at radius 2 is 2.06 bits per heavy atom. The van der Waals surface area contributed by atoms with Gasteiger partial charge in [0.25, 0.3) is 10.0 Å². The van der Waals surface area contributed by atoms with Crippen molar-refractivity contribution in [2.24, 2.45) is 5.92 Å². The molecule has 4 nitrogen and oxygen atoms in total. The van der Waals surface area contributed by atoms with Crippen molar-refractivity contribution in [2.45, 2.75) is 31.5 Å².